The minimum absolute atomic E-state index is 0.233. The molecule has 1 amide bonds. The van der Waals surface area contributed by atoms with Gasteiger partial charge in [-0.2, -0.15) is 5.10 Å². The Balaban J connectivity index is 1.76. The maximum atomic E-state index is 13.3. The van der Waals surface area contributed by atoms with Crippen LogP contribution >= 0.6 is 0 Å². The summed E-state index contributed by atoms with van der Waals surface area (Å²) >= 11 is 0. The summed E-state index contributed by atoms with van der Waals surface area (Å²) in [7, 11) is 3.29. The van der Waals surface area contributed by atoms with Crippen LogP contribution in [0.4, 0.5) is 4.39 Å². The SMILES string of the molecule is COc1ccc(-n2nc(C(=O)N3CCC[C@H]3CF)cc2-c2cn(C)nn2)cn1. The third-order valence-electron chi connectivity index (χ3n) is 4.78. The predicted octanol–water partition coefficient (Wildman–Crippen LogP) is 1.65. The maximum Gasteiger partial charge on any atom is 0.274 e. The molecule has 146 valence electrons. The summed E-state index contributed by atoms with van der Waals surface area (Å²) in [5, 5.41) is 12.6. The fourth-order valence-corrected chi connectivity index (χ4v) is 3.36. The van der Waals surface area contributed by atoms with Gasteiger partial charge in [0.2, 0.25) is 5.88 Å². The number of likely N-dealkylation sites (tertiary alicyclic amines) is 1. The van der Waals surface area contributed by atoms with E-state index in [0.29, 0.717) is 35.9 Å². The Kier molecular flexibility index (Phi) is 4.76. The Morgan fingerprint density at radius 1 is 1.39 bits per heavy atom. The zero-order valence-corrected chi connectivity index (χ0v) is 15.6. The zero-order chi connectivity index (χ0) is 19.7. The molecule has 4 heterocycles. The summed E-state index contributed by atoms with van der Waals surface area (Å²) in [6, 6.07) is 4.76. The van der Waals surface area contributed by atoms with Gasteiger partial charge in [0.1, 0.15) is 12.4 Å². The van der Waals surface area contributed by atoms with Gasteiger partial charge in [0.15, 0.2) is 5.69 Å². The molecule has 1 aliphatic heterocycles. The fourth-order valence-electron chi connectivity index (χ4n) is 3.36. The van der Waals surface area contributed by atoms with E-state index in [0.717, 1.165) is 6.42 Å². The second-order valence-corrected chi connectivity index (χ2v) is 6.61. The molecule has 0 bridgehead atoms. The van der Waals surface area contributed by atoms with Crippen LogP contribution in [0.25, 0.3) is 17.1 Å². The largest absolute Gasteiger partial charge is 0.481 e. The van der Waals surface area contributed by atoms with Crippen LogP contribution in [-0.2, 0) is 7.05 Å². The van der Waals surface area contributed by atoms with Crippen molar-refractivity contribution in [3.63, 3.8) is 0 Å². The Hall–Kier alpha value is -3.30. The molecule has 1 saturated heterocycles. The number of aromatic nitrogens is 6. The zero-order valence-electron chi connectivity index (χ0n) is 15.6. The topological polar surface area (TPSA) is 91.0 Å². The van der Waals surface area contributed by atoms with E-state index in [1.807, 2.05) is 0 Å². The van der Waals surface area contributed by atoms with Crippen LogP contribution in [0.5, 0.6) is 5.88 Å². The van der Waals surface area contributed by atoms with E-state index in [-0.39, 0.29) is 17.6 Å². The smallest absolute Gasteiger partial charge is 0.274 e. The lowest BCUT2D eigenvalue weighted by Gasteiger charge is -2.21. The monoisotopic (exact) mass is 385 g/mol. The number of rotatable bonds is 5. The minimum atomic E-state index is -0.550. The number of amides is 1. The molecule has 3 aromatic rings. The number of carbonyl (C=O) groups excluding carboxylic acids is 1. The average Bonchev–Trinajstić information content (AvgIpc) is 3.46. The van der Waals surface area contributed by atoms with Gasteiger partial charge in [-0.05, 0) is 25.0 Å². The van der Waals surface area contributed by atoms with Crippen molar-refractivity contribution in [2.24, 2.45) is 7.05 Å². The van der Waals surface area contributed by atoms with Gasteiger partial charge in [0, 0.05) is 19.7 Å². The molecule has 0 spiro atoms. The van der Waals surface area contributed by atoms with Crippen LogP contribution in [-0.4, -0.2) is 66.9 Å². The third-order valence-corrected chi connectivity index (χ3v) is 4.78. The number of aryl methyl sites for hydroxylation is 1. The van der Waals surface area contributed by atoms with Gasteiger partial charge in [0.05, 0.1) is 36.9 Å². The maximum absolute atomic E-state index is 13.3. The van der Waals surface area contributed by atoms with Crippen molar-refractivity contribution in [3.8, 4) is 23.0 Å². The first-order valence-electron chi connectivity index (χ1n) is 8.95. The van der Waals surface area contributed by atoms with Gasteiger partial charge < -0.3 is 9.64 Å². The normalized spacial score (nSPS) is 16.5. The van der Waals surface area contributed by atoms with E-state index >= 15 is 0 Å². The van der Waals surface area contributed by atoms with Crippen LogP contribution in [0, 0.1) is 0 Å². The number of halogens is 1. The van der Waals surface area contributed by atoms with Gasteiger partial charge in [-0.3, -0.25) is 9.48 Å². The first-order valence-corrected chi connectivity index (χ1v) is 8.95. The molecule has 4 rings (SSSR count). The Bertz CT molecular complexity index is 982. The van der Waals surface area contributed by atoms with Crippen molar-refractivity contribution in [1.82, 2.24) is 34.7 Å². The number of ether oxygens (including phenoxy) is 1. The van der Waals surface area contributed by atoms with Crippen molar-refractivity contribution in [3.05, 3.63) is 36.3 Å². The van der Waals surface area contributed by atoms with Gasteiger partial charge >= 0.3 is 0 Å². The van der Waals surface area contributed by atoms with Crippen LogP contribution < -0.4 is 4.74 Å². The second kappa shape index (κ2) is 7.37. The molecular formula is C18H20FN7O2. The summed E-state index contributed by atoms with van der Waals surface area (Å²) in [5.74, 6) is 0.182. The molecule has 1 atom stereocenters. The summed E-state index contributed by atoms with van der Waals surface area (Å²) in [4.78, 5) is 18.7. The molecule has 0 aromatic carbocycles. The molecule has 10 heteroatoms. The van der Waals surface area contributed by atoms with Crippen molar-refractivity contribution in [1.29, 1.82) is 0 Å². The summed E-state index contributed by atoms with van der Waals surface area (Å²) in [6.07, 6.45) is 4.79. The molecule has 0 unspecified atom stereocenters. The lowest BCUT2D eigenvalue weighted by molar-refractivity contribution is 0.0710. The summed E-state index contributed by atoms with van der Waals surface area (Å²) < 4.78 is 21.5. The standard InChI is InChI=1S/C18H20FN7O2/c1-24-11-15(21-23-24)16-8-14(18(27)25-7-3-4-12(25)9-19)22-26(16)13-5-6-17(28-2)20-10-13/h5-6,8,10-12H,3-4,7,9H2,1-2H3/t12-/m0/s1. The highest BCUT2D eigenvalue weighted by Gasteiger charge is 2.31. The Morgan fingerprint density at radius 2 is 2.25 bits per heavy atom. The second-order valence-electron chi connectivity index (χ2n) is 6.61. The average molecular weight is 385 g/mol. The molecule has 28 heavy (non-hydrogen) atoms. The molecule has 0 saturated carbocycles. The molecule has 0 aliphatic carbocycles. The van der Waals surface area contributed by atoms with E-state index in [1.165, 1.54) is 7.11 Å². The number of carbonyl (C=O) groups is 1. The van der Waals surface area contributed by atoms with E-state index in [4.69, 9.17) is 4.74 Å². The van der Waals surface area contributed by atoms with Crippen LogP contribution in [0.3, 0.4) is 0 Å². The quantitative estimate of drug-likeness (QED) is 0.663. The number of hydrogen-bond acceptors (Lipinski definition) is 6. The van der Waals surface area contributed by atoms with Crippen molar-refractivity contribution < 1.29 is 13.9 Å². The number of hydrogen-bond donors (Lipinski definition) is 0. The molecule has 0 radical (unpaired) electrons. The van der Waals surface area contributed by atoms with E-state index in [1.54, 1.807) is 51.9 Å². The lowest BCUT2D eigenvalue weighted by Crippen LogP contribution is -2.37. The van der Waals surface area contributed by atoms with E-state index < -0.39 is 6.67 Å². The highest BCUT2D eigenvalue weighted by molar-refractivity contribution is 5.94. The van der Waals surface area contributed by atoms with Crippen LogP contribution in [0.1, 0.15) is 23.3 Å². The van der Waals surface area contributed by atoms with E-state index in [2.05, 4.69) is 20.4 Å². The molecule has 9 nitrogen and oxygen atoms in total. The predicted molar refractivity (Wildman–Crippen MR) is 97.9 cm³/mol. The Morgan fingerprint density at radius 3 is 2.89 bits per heavy atom. The highest BCUT2D eigenvalue weighted by atomic mass is 19.1. The van der Waals surface area contributed by atoms with Crippen LogP contribution in [0.2, 0.25) is 0 Å². The fraction of sp³-hybridized carbons (Fsp3) is 0.389. The molecular weight excluding hydrogens is 365 g/mol. The van der Waals surface area contributed by atoms with Gasteiger partial charge in [0.25, 0.3) is 5.91 Å². The Labute approximate surface area is 160 Å². The van der Waals surface area contributed by atoms with Gasteiger partial charge in [-0.15, -0.1) is 5.10 Å². The molecule has 0 N–H and O–H groups in total. The third kappa shape index (κ3) is 3.21. The van der Waals surface area contributed by atoms with Gasteiger partial charge in [-0.25, -0.2) is 14.1 Å². The van der Waals surface area contributed by atoms with E-state index in [9.17, 15) is 9.18 Å². The molecule has 1 fully saturated rings. The molecule has 1 aliphatic rings. The van der Waals surface area contributed by atoms with Gasteiger partial charge in [-0.1, -0.05) is 5.21 Å². The van der Waals surface area contributed by atoms with Crippen molar-refractivity contribution in [2.75, 3.05) is 20.3 Å². The number of methoxy groups -OCH3 is 1. The minimum Gasteiger partial charge on any atom is -0.481 e. The summed E-state index contributed by atoms with van der Waals surface area (Å²) in [5.41, 5.74) is 2.04. The lowest BCUT2D eigenvalue weighted by atomic mass is 10.2. The summed E-state index contributed by atoms with van der Waals surface area (Å²) in [6.45, 7) is -0.0171. The van der Waals surface area contributed by atoms with Crippen molar-refractivity contribution in [2.45, 2.75) is 18.9 Å². The molecule has 3 aromatic heterocycles. The number of nitrogens with zero attached hydrogens (tertiary/aromatic N) is 7. The highest BCUT2D eigenvalue weighted by Crippen LogP contribution is 2.25. The first-order chi connectivity index (χ1) is 13.6. The van der Waals surface area contributed by atoms with Crippen molar-refractivity contribution >= 4 is 5.91 Å². The number of alkyl halides is 1. The number of pyridine rings is 1. The first kappa shape index (κ1) is 18.1. The van der Waals surface area contributed by atoms with Crippen LogP contribution in [0.15, 0.2) is 30.6 Å².